The van der Waals surface area contributed by atoms with Crippen molar-refractivity contribution in [3.8, 4) is 0 Å². The monoisotopic (exact) mass is 429 g/mol. The van der Waals surface area contributed by atoms with E-state index in [0.29, 0.717) is 6.54 Å². The molecular weight excluding hydrogens is 394 g/mol. The Bertz CT molecular complexity index is 755. The van der Waals surface area contributed by atoms with Gasteiger partial charge < -0.3 is 20.6 Å². The molecule has 164 valence electrons. The van der Waals surface area contributed by atoms with E-state index in [0.717, 1.165) is 63.1 Å². The number of nitrogens with one attached hydrogen (secondary N) is 2. The van der Waals surface area contributed by atoms with Gasteiger partial charge in [-0.3, -0.25) is 4.90 Å². The summed E-state index contributed by atoms with van der Waals surface area (Å²) in [6.45, 7) is 11.3. The van der Waals surface area contributed by atoms with Gasteiger partial charge in [0.25, 0.3) is 0 Å². The van der Waals surface area contributed by atoms with Gasteiger partial charge >= 0.3 is 0 Å². The summed E-state index contributed by atoms with van der Waals surface area (Å²) in [5.41, 5.74) is 0.387. The standard InChI is InChI=1S/C23H35N5OS/c1-3-24-22(26-19-23(2,29)21-11-7-18-30-21)25-12-8-13-27-14-16-28(17-15-27)20-9-5-4-6-10-20/h4-7,9-11,18,29H,3,8,12-17,19H2,1-2H3,(H2,24,25,26). The second kappa shape index (κ2) is 11.3. The van der Waals surface area contributed by atoms with Gasteiger partial charge in [0.1, 0.15) is 5.60 Å². The fourth-order valence-electron chi connectivity index (χ4n) is 3.62. The number of piperazine rings is 1. The predicted molar refractivity (Wildman–Crippen MR) is 128 cm³/mol. The summed E-state index contributed by atoms with van der Waals surface area (Å²) in [6.07, 6.45) is 1.07. The predicted octanol–water partition coefficient (Wildman–Crippen LogP) is 2.72. The van der Waals surface area contributed by atoms with Gasteiger partial charge in [-0.25, -0.2) is 4.99 Å². The van der Waals surface area contributed by atoms with Crippen LogP contribution in [0, 0.1) is 0 Å². The molecule has 1 aromatic carbocycles. The Labute approximate surface area is 184 Å². The zero-order valence-corrected chi connectivity index (χ0v) is 19.0. The maximum absolute atomic E-state index is 10.7. The molecule has 0 radical (unpaired) electrons. The zero-order chi connectivity index (χ0) is 21.2. The van der Waals surface area contributed by atoms with Crippen molar-refractivity contribution in [3.63, 3.8) is 0 Å². The molecule has 0 amide bonds. The highest BCUT2D eigenvalue weighted by Crippen LogP contribution is 2.25. The van der Waals surface area contributed by atoms with Crippen LogP contribution in [0.25, 0.3) is 0 Å². The molecule has 0 bridgehead atoms. The van der Waals surface area contributed by atoms with Gasteiger partial charge in [-0.05, 0) is 50.4 Å². The number of aliphatic imine (C=N–C) groups is 1. The Kier molecular flexibility index (Phi) is 8.54. The molecule has 0 spiro atoms. The Hall–Kier alpha value is -2.09. The SMILES string of the molecule is CCNC(=NCC(C)(O)c1cccs1)NCCCN1CCN(c2ccccc2)CC1. The number of benzene rings is 1. The Morgan fingerprint density at radius 1 is 1.10 bits per heavy atom. The highest BCUT2D eigenvalue weighted by Gasteiger charge is 2.24. The van der Waals surface area contributed by atoms with E-state index >= 15 is 0 Å². The minimum atomic E-state index is -0.936. The smallest absolute Gasteiger partial charge is 0.191 e. The van der Waals surface area contributed by atoms with Crippen LogP contribution in [-0.2, 0) is 5.60 Å². The number of hydrogen-bond acceptors (Lipinski definition) is 5. The third-order valence-electron chi connectivity index (χ3n) is 5.38. The third-order valence-corrected chi connectivity index (χ3v) is 6.50. The van der Waals surface area contributed by atoms with Crippen molar-refractivity contribution in [2.24, 2.45) is 4.99 Å². The van der Waals surface area contributed by atoms with Crippen LogP contribution in [0.15, 0.2) is 52.8 Å². The molecule has 3 rings (SSSR count). The number of nitrogens with zero attached hydrogens (tertiary/aromatic N) is 3. The van der Waals surface area contributed by atoms with Crippen LogP contribution in [0.4, 0.5) is 5.69 Å². The first-order valence-corrected chi connectivity index (χ1v) is 11.8. The summed E-state index contributed by atoms with van der Waals surface area (Å²) in [5.74, 6) is 0.767. The van der Waals surface area contributed by atoms with E-state index in [-0.39, 0.29) is 0 Å². The quantitative estimate of drug-likeness (QED) is 0.325. The summed E-state index contributed by atoms with van der Waals surface area (Å²) in [4.78, 5) is 10.5. The fraction of sp³-hybridized carbons (Fsp3) is 0.522. The summed E-state index contributed by atoms with van der Waals surface area (Å²) in [5, 5.41) is 19.3. The second-order valence-electron chi connectivity index (χ2n) is 7.89. The molecule has 1 aliphatic heterocycles. The number of anilines is 1. The number of guanidine groups is 1. The van der Waals surface area contributed by atoms with Crippen molar-refractivity contribution in [2.45, 2.75) is 25.9 Å². The average Bonchev–Trinajstić information content (AvgIpc) is 3.32. The highest BCUT2D eigenvalue weighted by atomic mass is 32.1. The Morgan fingerprint density at radius 3 is 2.53 bits per heavy atom. The molecule has 6 nitrogen and oxygen atoms in total. The van der Waals surface area contributed by atoms with E-state index in [9.17, 15) is 5.11 Å². The lowest BCUT2D eigenvalue weighted by Gasteiger charge is -2.36. The van der Waals surface area contributed by atoms with Gasteiger partial charge in [-0.1, -0.05) is 24.3 Å². The van der Waals surface area contributed by atoms with Crippen LogP contribution in [-0.4, -0.2) is 68.3 Å². The lowest BCUT2D eigenvalue weighted by molar-refractivity contribution is 0.0711. The maximum atomic E-state index is 10.7. The van der Waals surface area contributed by atoms with Crippen molar-refractivity contribution in [1.29, 1.82) is 0 Å². The lowest BCUT2D eigenvalue weighted by Crippen LogP contribution is -2.47. The van der Waals surface area contributed by atoms with E-state index in [4.69, 9.17) is 0 Å². The molecule has 1 saturated heterocycles. The molecule has 1 aromatic heterocycles. The first kappa shape index (κ1) is 22.6. The average molecular weight is 430 g/mol. The summed E-state index contributed by atoms with van der Waals surface area (Å²) in [7, 11) is 0. The Balaban J connectivity index is 1.38. The molecule has 0 aliphatic carbocycles. The molecular formula is C23H35N5OS. The van der Waals surface area contributed by atoms with Crippen molar-refractivity contribution in [1.82, 2.24) is 15.5 Å². The topological polar surface area (TPSA) is 63.1 Å². The summed E-state index contributed by atoms with van der Waals surface area (Å²) >= 11 is 1.56. The molecule has 1 aliphatic rings. The largest absolute Gasteiger partial charge is 0.383 e. The van der Waals surface area contributed by atoms with Gasteiger partial charge in [0.2, 0.25) is 0 Å². The van der Waals surface area contributed by atoms with Crippen LogP contribution in [0.2, 0.25) is 0 Å². The van der Waals surface area contributed by atoms with Gasteiger partial charge in [0, 0.05) is 49.8 Å². The number of aliphatic hydroxyl groups is 1. The molecule has 7 heteroatoms. The molecule has 1 atom stereocenters. The molecule has 30 heavy (non-hydrogen) atoms. The highest BCUT2D eigenvalue weighted by molar-refractivity contribution is 7.10. The summed E-state index contributed by atoms with van der Waals surface area (Å²) in [6, 6.07) is 14.6. The van der Waals surface area contributed by atoms with Gasteiger partial charge in [0.05, 0.1) is 6.54 Å². The van der Waals surface area contributed by atoms with Crippen LogP contribution in [0.3, 0.4) is 0 Å². The minimum Gasteiger partial charge on any atom is -0.383 e. The number of thiophene rings is 1. The van der Waals surface area contributed by atoms with Gasteiger partial charge in [-0.2, -0.15) is 0 Å². The maximum Gasteiger partial charge on any atom is 0.191 e. The minimum absolute atomic E-state index is 0.338. The first-order valence-electron chi connectivity index (χ1n) is 10.9. The van der Waals surface area contributed by atoms with Crippen LogP contribution in [0.1, 0.15) is 25.1 Å². The van der Waals surface area contributed by atoms with E-state index in [1.165, 1.54) is 5.69 Å². The zero-order valence-electron chi connectivity index (χ0n) is 18.2. The van der Waals surface area contributed by atoms with E-state index in [2.05, 4.69) is 62.7 Å². The lowest BCUT2D eigenvalue weighted by atomic mass is 10.1. The van der Waals surface area contributed by atoms with Crippen molar-refractivity contribution in [3.05, 3.63) is 52.7 Å². The normalized spacial score (nSPS) is 17.6. The third kappa shape index (κ3) is 6.72. The van der Waals surface area contributed by atoms with Gasteiger partial charge in [0.15, 0.2) is 5.96 Å². The molecule has 3 N–H and O–H groups in total. The van der Waals surface area contributed by atoms with Crippen LogP contribution >= 0.6 is 11.3 Å². The first-order chi connectivity index (χ1) is 14.6. The van der Waals surface area contributed by atoms with Crippen LogP contribution < -0.4 is 15.5 Å². The number of rotatable bonds is 9. The molecule has 2 aromatic rings. The van der Waals surface area contributed by atoms with E-state index < -0.39 is 5.60 Å². The van der Waals surface area contributed by atoms with E-state index in [1.807, 2.05) is 24.4 Å². The van der Waals surface area contributed by atoms with Crippen molar-refractivity contribution in [2.75, 3.05) is 57.3 Å². The number of hydrogen-bond donors (Lipinski definition) is 3. The molecule has 1 fully saturated rings. The van der Waals surface area contributed by atoms with Gasteiger partial charge in [-0.15, -0.1) is 11.3 Å². The van der Waals surface area contributed by atoms with Crippen LogP contribution in [0.5, 0.6) is 0 Å². The fourth-order valence-corrected chi connectivity index (χ4v) is 4.39. The van der Waals surface area contributed by atoms with Crippen molar-refractivity contribution < 1.29 is 5.11 Å². The number of para-hydroxylation sites is 1. The van der Waals surface area contributed by atoms with Crippen molar-refractivity contribution >= 4 is 23.0 Å². The summed E-state index contributed by atoms with van der Waals surface area (Å²) < 4.78 is 0. The Morgan fingerprint density at radius 2 is 1.87 bits per heavy atom. The molecule has 0 saturated carbocycles. The second-order valence-corrected chi connectivity index (χ2v) is 8.84. The molecule has 2 heterocycles. The molecule has 1 unspecified atom stereocenters. The van der Waals surface area contributed by atoms with E-state index in [1.54, 1.807) is 11.3 Å².